The van der Waals surface area contributed by atoms with Crippen molar-refractivity contribution < 1.29 is 13.2 Å². The van der Waals surface area contributed by atoms with E-state index in [2.05, 4.69) is 15.3 Å². The van der Waals surface area contributed by atoms with Crippen LogP contribution in [0.15, 0.2) is 6.20 Å². The van der Waals surface area contributed by atoms with Crippen molar-refractivity contribution in [3.05, 3.63) is 23.3 Å². The Kier molecular flexibility index (Phi) is 3.85. The lowest BCUT2D eigenvalue weighted by Crippen LogP contribution is -2.23. The van der Waals surface area contributed by atoms with Crippen LogP contribution in [0.3, 0.4) is 0 Å². The molecule has 0 aliphatic heterocycles. The van der Waals surface area contributed by atoms with E-state index in [-0.39, 0.29) is 12.5 Å². The molecule has 1 N–H and O–H groups in total. The first-order valence-electron chi connectivity index (χ1n) is 6.08. The van der Waals surface area contributed by atoms with Crippen molar-refractivity contribution in [1.29, 1.82) is 0 Å². The van der Waals surface area contributed by atoms with E-state index in [0.717, 1.165) is 30.5 Å². The number of halogens is 3. The molecular weight excluding hydrogens is 243 g/mol. The van der Waals surface area contributed by atoms with Gasteiger partial charge in [-0.25, -0.2) is 9.97 Å². The highest BCUT2D eigenvalue weighted by Crippen LogP contribution is 2.28. The zero-order valence-electron chi connectivity index (χ0n) is 10.2. The van der Waals surface area contributed by atoms with Crippen molar-refractivity contribution in [3.8, 4) is 0 Å². The van der Waals surface area contributed by atoms with Crippen LogP contribution in [0.5, 0.6) is 0 Å². The Labute approximate surface area is 104 Å². The zero-order valence-corrected chi connectivity index (χ0v) is 10.2. The van der Waals surface area contributed by atoms with Gasteiger partial charge >= 0.3 is 6.18 Å². The molecule has 0 radical (unpaired) electrons. The fourth-order valence-corrected chi connectivity index (χ4v) is 2.26. The summed E-state index contributed by atoms with van der Waals surface area (Å²) >= 11 is 0. The van der Waals surface area contributed by atoms with Gasteiger partial charge in [0.1, 0.15) is 5.82 Å². The maximum atomic E-state index is 12.1. The van der Waals surface area contributed by atoms with Gasteiger partial charge in [0.05, 0.1) is 6.42 Å². The molecule has 1 unspecified atom stereocenters. The van der Waals surface area contributed by atoms with Gasteiger partial charge in [0, 0.05) is 29.9 Å². The summed E-state index contributed by atoms with van der Waals surface area (Å²) in [6, 6.07) is 0.227. The second-order valence-corrected chi connectivity index (χ2v) is 4.54. The highest BCUT2D eigenvalue weighted by Gasteiger charge is 2.27. The maximum absolute atomic E-state index is 12.1. The Balaban J connectivity index is 2.12. The standard InChI is InChI=1S/C12H16F3N3/c1-16-9-3-2-4-10-8(9)7-17-11(18-10)5-6-12(13,14)15/h7,9,16H,2-6H2,1H3. The molecule has 2 rings (SSSR count). The van der Waals surface area contributed by atoms with E-state index in [1.54, 1.807) is 6.20 Å². The van der Waals surface area contributed by atoms with Crippen molar-refractivity contribution >= 4 is 0 Å². The number of hydrogen-bond donors (Lipinski definition) is 1. The molecule has 0 bridgehead atoms. The minimum Gasteiger partial charge on any atom is -0.313 e. The summed E-state index contributed by atoms with van der Waals surface area (Å²) in [6.45, 7) is 0. The molecule has 1 aliphatic rings. The Hall–Kier alpha value is -1.17. The van der Waals surface area contributed by atoms with Crippen LogP contribution in [0.2, 0.25) is 0 Å². The van der Waals surface area contributed by atoms with Crippen LogP contribution in [0.25, 0.3) is 0 Å². The summed E-state index contributed by atoms with van der Waals surface area (Å²) in [5.41, 5.74) is 1.92. The first-order chi connectivity index (χ1) is 8.49. The quantitative estimate of drug-likeness (QED) is 0.906. The summed E-state index contributed by atoms with van der Waals surface area (Å²) in [5.74, 6) is 0.294. The number of nitrogens with one attached hydrogen (secondary N) is 1. The highest BCUT2D eigenvalue weighted by atomic mass is 19.4. The van der Waals surface area contributed by atoms with Crippen LogP contribution >= 0.6 is 0 Å². The SMILES string of the molecule is CNC1CCCc2nc(CCC(F)(F)F)ncc21. The van der Waals surface area contributed by atoms with Crippen molar-refractivity contribution in [2.45, 2.75) is 44.3 Å². The van der Waals surface area contributed by atoms with Crippen LogP contribution < -0.4 is 5.32 Å². The van der Waals surface area contributed by atoms with E-state index in [4.69, 9.17) is 0 Å². The van der Waals surface area contributed by atoms with Crippen LogP contribution in [0, 0.1) is 0 Å². The molecule has 0 saturated carbocycles. The Morgan fingerprint density at radius 2 is 2.22 bits per heavy atom. The monoisotopic (exact) mass is 259 g/mol. The van der Waals surface area contributed by atoms with Crippen molar-refractivity contribution in [2.75, 3.05) is 7.05 Å². The lowest BCUT2D eigenvalue weighted by atomic mass is 9.92. The smallest absolute Gasteiger partial charge is 0.313 e. The molecule has 0 amide bonds. The van der Waals surface area contributed by atoms with Crippen molar-refractivity contribution in [3.63, 3.8) is 0 Å². The summed E-state index contributed by atoms with van der Waals surface area (Å²) in [5, 5.41) is 3.18. The number of nitrogens with zero attached hydrogens (tertiary/aromatic N) is 2. The van der Waals surface area contributed by atoms with Gasteiger partial charge < -0.3 is 5.32 Å². The summed E-state index contributed by atoms with van der Waals surface area (Å²) in [7, 11) is 1.87. The minimum absolute atomic E-state index is 0.138. The number of rotatable bonds is 3. The molecular formula is C12H16F3N3. The Bertz CT molecular complexity index is 418. The molecule has 0 aromatic carbocycles. The molecule has 3 nitrogen and oxygen atoms in total. The summed E-state index contributed by atoms with van der Waals surface area (Å²) < 4.78 is 36.4. The second kappa shape index (κ2) is 5.22. The van der Waals surface area contributed by atoms with Gasteiger partial charge in [-0.3, -0.25) is 0 Å². The molecule has 0 saturated heterocycles. The van der Waals surface area contributed by atoms with E-state index >= 15 is 0 Å². The molecule has 6 heteroatoms. The van der Waals surface area contributed by atoms with Gasteiger partial charge in [0.2, 0.25) is 0 Å². The van der Waals surface area contributed by atoms with Gasteiger partial charge in [0.25, 0.3) is 0 Å². The number of aryl methyl sites for hydroxylation is 2. The summed E-state index contributed by atoms with van der Waals surface area (Å²) in [4.78, 5) is 8.31. The molecule has 100 valence electrons. The molecule has 0 spiro atoms. The summed E-state index contributed by atoms with van der Waals surface area (Å²) in [6.07, 6.45) is -0.610. The number of alkyl halides is 3. The van der Waals surface area contributed by atoms with E-state index < -0.39 is 12.6 Å². The van der Waals surface area contributed by atoms with Crippen molar-refractivity contribution in [2.24, 2.45) is 0 Å². The second-order valence-electron chi connectivity index (χ2n) is 4.54. The van der Waals surface area contributed by atoms with Gasteiger partial charge in [-0.2, -0.15) is 13.2 Å². The van der Waals surface area contributed by atoms with Gasteiger partial charge in [0.15, 0.2) is 0 Å². The molecule has 1 aliphatic carbocycles. The Morgan fingerprint density at radius 3 is 2.89 bits per heavy atom. The third-order valence-corrected chi connectivity index (χ3v) is 3.21. The molecule has 18 heavy (non-hydrogen) atoms. The molecule has 1 aromatic rings. The average molecular weight is 259 g/mol. The predicted molar refractivity (Wildman–Crippen MR) is 61.1 cm³/mol. The number of hydrogen-bond acceptors (Lipinski definition) is 3. The van der Waals surface area contributed by atoms with Crippen LogP contribution in [-0.4, -0.2) is 23.2 Å². The third kappa shape index (κ3) is 3.19. The van der Waals surface area contributed by atoms with Gasteiger partial charge in [-0.1, -0.05) is 0 Å². The zero-order chi connectivity index (χ0) is 13.2. The maximum Gasteiger partial charge on any atom is 0.389 e. The molecule has 0 fully saturated rings. The number of fused-ring (bicyclic) bond motifs is 1. The van der Waals surface area contributed by atoms with Gasteiger partial charge in [-0.15, -0.1) is 0 Å². The topological polar surface area (TPSA) is 37.8 Å². The third-order valence-electron chi connectivity index (χ3n) is 3.21. The average Bonchev–Trinajstić information content (AvgIpc) is 2.34. The normalized spacial score (nSPS) is 19.7. The largest absolute Gasteiger partial charge is 0.389 e. The first-order valence-corrected chi connectivity index (χ1v) is 6.08. The lowest BCUT2D eigenvalue weighted by molar-refractivity contribution is -0.134. The predicted octanol–water partition coefficient (Wildman–Crippen LogP) is 2.57. The fourth-order valence-electron chi connectivity index (χ4n) is 2.26. The lowest BCUT2D eigenvalue weighted by Gasteiger charge is -2.24. The van der Waals surface area contributed by atoms with E-state index in [0.29, 0.717) is 5.82 Å². The molecule has 1 aromatic heterocycles. The fraction of sp³-hybridized carbons (Fsp3) is 0.667. The Morgan fingerprint density at radius 1 is 1.44 bits per heavy atom. The van der Waals surface area contributed by atoms with Gasteiger partial charge in [-0.05, 0) is 26.3 Å². The highest BCUT2D eigenvalue weighted by molar-refractivity contribution is 5.24. The molecule has 1 atom stereocenters. The van der Waals surface area contributed by atoms with E-state index in [1.807, 2.05) is 7.05 Å². The van der Waals surface area contributed by atoms with Crippen LogP contribution in [0.4, 0.5) is 13.2 Å². The minimum atomic E-state index is -4.15. The van der Waals surface area contributed by atoms with E-state index in [9.17, 15) is 13.2 Å². The van der Waals surface area contributed by atoms with Crippen LogP contribution in [0.1, 0.15) is 42.4 Å². The van der Waals surface area contributed by atoms with E-state index in [1.165, 1.54) is 0 Å². The first kappa shape index (κ1) is 13.3. The number of aromatic nitrogens is 2. The van der Waals surface area contributed by atoms with Crippen LogP contribution in [-0.2, 0) is 12.8 Å². The van der Waals surface area contributed by atoms with Crippen molar-refractivity contribution in [1.82, 2.24) is 15.3 Å². The molecule has 1 heterocycles.